The van der Waals surface area contributed by atoms with Crippen LogP contribution < -0.4 is 0 Å². The van der Waals surface area contributed by atoms with Crippen LogP contribution in [0.4, 0.5) is 0 Å². The predicted octanol–water partition coefficient (Wildman–Crippen LogP) is 4.51. The van der Waals surface area contributed by atoms with Gasteiger partial charge in [0.05, 0.1) is 0 Å². The Morgan fingerprint density at radius 1 is 0.737 bits per heavy atom. The molecule has 3 rings (SSSR count). The summed E-state index contributed by atoms with van der Waals surface area (Å²) >= 11 is 0. The number of carbonyl (C=O) groups is 1. The molecule has 0 radical (unpaired) electrons. The van der Waals surface area contributed by atoms with Gasteiger partial charge in [-0.1, -0.05) is 66.2 Å². The Balaban J connectivity index is 2.05. The van der Waals surface area contributed by atoms with Crippen molar-refractivity contribution in [2.24, 2.45) is 0 Å². The van der Waals surface area contributed by atoms with E-state index in [9.17, 15) is 4.79 Å². The van der Waals surface area contributed by atoms with Crippen LogP contribution in [0, 0.1) is 0 Å². The van der Waals surface area contributed by atoms with Gasteiger partial charge in [-0.05, 0) is 24.8 Å². The number of allylic oxidation sites excluding steroid dienone is 2. The van der Waals surface area contributed by atoms with Gasteiger partial charge in [-0.25, -0.2) is 0 Å². The second-order valence-electron chi connectivity index (χ2n) is 4.89. The molecule has 0 saturated heterocycles. The van der Waals surface area contributed by atoms with Crippen LogP contribution in [0.1, 0.15) is 35.2 Å². The van der Waals surface area contributed by atoms with E-state index >= 15 is 0 Å². The van der Waals surface area contributed by atoms with Crippen molar-refractivity contribution in [1.82, 2.24) is 0 Å². The van der Waals surface area contributed by atoms with Crippen molar-refractivity contribution in [3.8, 4) is 0 Å². The Hall–Kier alpha value is -2.15. The highest BCUT2D eigenvalue weighted by Gasteiger charge is 2.22. The molecule has 2 aromatic carbocycles. The van der Waals surface area contributed by atoms with Crippen molar-refractivity contribution in [2.45, 2.75) is 19.3 Å². The highest BCUT2D eigenvalue weighted by atomic mass is 16.1. The van der Waals surface area contributed by atoms with Gasteiger partial charge in [-0.3, -0.25) is 4.79 Å². The largest absolute Gasteiger partial charge is 0.289 e. The molecule has 94 valence electrons. The molecular formula is C18H16O. The third-order valence-electron chi connectivity index (χ3n) is 3.64. The van der Waals surface area contributed by atoms with Gasteiger partial charge in [0.25, 0.3) is 0 Å². The number of carbonyl (C=O) groups excluding carboxylic acids is 1. The lowest BCUT2D eigenvalue weighted by Crippen LogP contribution is -2.10. The average Bonchev–Trinajstić information content (AvgIpc) is 2.44. The Morgan fingerprint density at radius 3 is 1.74 bits per heavy atom. The molecule has 0 atom stereocenters. The van der Waals surface area contributed by atoms with Crippen LogP contribution in [0.5, 0.6) is 0 Å². The number of Topliss-reactive ketones (excluding diaryl/α,β-unsaturated/α-hetero) is 1. The fraction of sp³-hybridized carbons (Fsp3) is 0.167. The quantitative estimate of drug-likeness (QED) is 0.577. The fourth-order valence-corrected chi connectivity index (χ4v) is 2.44. The highest BCUT2D eigenvalue weighted by molar-refractivity contribution is 6.29. The first-order chi connectivity index (χ1) is 9.36. The lowest BCUT2D eigenvalue weighted by molar-refractivity contribution is 0.105. The minimum Gasteiger partial charge on any atom is -0.289 e. The summed E-state index contributed by atoms with van der Waals surface area (Å²) in [4.78, 5) is 12.7. The maximum Gasteiger partial charge on any atom is 0.193 e. The van der Waals surface area contributed by atoms with E-state index in [1.54, 1.807) is 0 Å². The molecule has 0 spiro atoms. The predicted molar refractivity (Wildman–Crippen MR) is 78.0 cm³/mol. The number of hydrogen-bond acceptors (Lipinski definition) is 1. The monoisotopic (exact) mass is 248 g/mol. The second kappa shape index (κ2) is 5.23. The molecular weight excluding hydrogens is 232 g/mol. The van der Waals surface area contributed by atoms with Crippen LogP contribution in [0.25, 0.3) is 5.57 Å². The number of rotatable bonds is 3. The van der Waals surface area contributed by atoms with E-state index in [4.69, 9.17) is 0 Å². The summed E-state index contributed by atoms with van der Waals surface area (Å²) < 4.78 is 0. The molecule has 19 heavy (non-hydrogen) atoms. The summed E-state index contributed by atoms with van der Waals surface area (Å²) in [5.41, 5.74) is 4.05. The maximum absolute atomic E-state index is 12.7. The van der Waals surface area contributed by atoms with Crippen LogP contribution in [-0.4, -0.2) is 5.78 Å². The van der Waals surface area contributed by atoms with Crippen molar-refractivity contribution in [3.05, 3.63) is 77.4 Å². The van der Waals surface area contributed by atoms with Gasteiger partial charge in [0, 0.05) is 11.1 Å². The molecule has 0 amide bonds. The van der Waals surface area contributed by atoms with Crippen LogP contribution in [0.2, 0.25) is 0 Å². The number of hydrogen-bond donors (Lipinski definition) is 0. The van der Waals surface area contributed by atoms with Gasteiger partial charge < -0.3 is 0 Å². The standard InChI is InChI=1S/C18H16O/c19-18(16-10-5-2-6-11-16)17(15-12-7-13-15)14-8-3-1-4-9-14/h1-6,8-11H,7,12-13H2. The van der Waals surface area contributed by atoms with E-state index in [1.807, 2.05) is 60.7 Å². The summed E-state index contributed by atoms with van der Waals surface area (Å²) in [6, 6.07) is 19.6. The van der Waals surface area contributed by atoms with Gasteiger partial charge in [0.15, 0.2) is 5.78 Å². The number of ketones is 1. The van der Waals surface area contributed by atoms with E-state index in [-0.39, 0.29) is 5.78 Å². The van der Waals surface area contributed by atoms with Crippen molar-refractivity contribution >= 4 is 11.4 Å². The Kier molecular flexibility index (Phi) is 3.28. The van der Waals surface area contributed by atoms with Crippen molar-refractivity contribution in [1.29, 1.82) is 0 Å². The summed E-state index contributed by atoms with van der Waals surface area (Å²) in [6.45, 7) is 0. The van der Waals surface area contributed by atoms with E-state index in [1.165, 1.54) is 12.0 Å². The molecule has 1 fully saturated rings. The molecule has 2 aromatic rings. The van der Waals surface area contributed by atoms with Gasteiger partial charge >= 0.3 is 0 Å². The molecule has 0 bridgehead atoms. The summed E-state index contributed by atoms with van der Waals surface area (Å²) in [5, 5.41) is 0. The first-order valence-corrected chi connectivity index (χ1v) is 6.73. The lowest BCUT2D eigenvalue weighted by Gasteiger charge is -2.22. The first kappa shape index (κ1) is 11.9. The van der Waals surface area contributed by atoms with E-state index in [0.29, 0.717) is 0 Å². The molecule has 0 aromatic heterocycles. The first-order valence-electron chi connectivity index (χ1n) is 6.73. The zero-order chi connectivity index (χ0) is 13.1. The van der Waals surface area contributed by atoms with Crippen LogP contribution >= 0.6 is 0 Å². The Morgan fingerprint density at radius 2 is 1.26 bits per heavy atom. The van der Waals surface area contributed by atoms with Crippen molar-refractivity contribution in [3.63, 3.8) is 0 Å². The van der Waals surface area contributed by atoms with Crippen LogP contribution in [-0.2, 0) is 0 Å². The third-order valence-corrected chi connectivity index (χ3v) is 3.64. The normalized spacial score (nSPS) is 13.8. The highest BCUT2D eigenvalue weighted by Crippen LogP contribution is 2.35. The molecule has 1 aliphatic carbocycles. The van der Waals surface area contributed by atoms with Gasteiger partial charge in [0.2, 0.25) is 0 Å². The second-order valence-corrected chi connectivity index (χ2v) is 4.89. The SMILES string of the molecule is O=C(C(=C1CCC1)c1ccccc1)c1ccccc1. The molecule has 1 saturated carbocycles. The molecule has 0 heterocycles. The van der Waals surface area contributed by atoms with Gasteiger partial charge in [0.1, 0.15) is 0 Å². The van der Waals surface area contributed by atoms with E-state index < -0.39 is 0 Å². The zero-order valence-corrected chi connectivity index (χ0v) is 10.8. The lowest BCUT2D eigenvalue weighted by atomic mass is 9.82. The minimum absolute atomic E-state index is 0.154. The molecule has 1 aliphatic rings. The Bertz CT molecular complexity index is 603. The van der Waals surface area contributed by atoms with Gasteiger partial charge in [-0.2, -0.15) is 0 Å². The van der Waals surface area contributed by atoms with Crippen molar-refractivity contribution in [2.75, 3.05) is 0 Å². The molecule has 1 nitrogen and oxygen atoms in total. The van der Waals surface area contributed by atoms with Crippen molar-refractivity contribution < 1.29 is 4.79 Å². The number of benzene rings is 2. The van der Waals surface area contributed by atoms with E-state index in [2.05, 4.69) is 0 Å². The van der Waals surface area contributed by atoms with E-state index in [0.717, 1.165) is 29.5 Å². The maximum atomic E-state index is 12.7. The topological polar surface area (TPSA) is 17.1 Å². The van der Waals surface area contributed by atoms with Crippen LogP contribution in [0.15, 0.2) is 66.2 Å². The molecule has 0 aliphatic heterocycles. The molecule has 0 N–H and O–H groups in total. The summed E-state index contributed by atoms with van der Waals surface area (Å²) in [7, 11) is 0. The molecule has 0 unspecified atom stereocenters. The van der Waals surface area contributed by atoms with Crippen LogP contribution in [0.3, 0.4) is 0 Å². The summed E-state index contributed by atoms with van der Waals surface area (Å²) in [6.07, 6.45) is 3.32. The molecule has 1 heteroatoms. The minimum atomic E-state index is 0.154. The Labute approximate surface area is 113 Å². The van der Waals surface area contributed by atoms with Gasteiger partial charge in [-0.15, -0.1) is 0 Å². The zero-order valence-electron chi connectivity index (χ0n) is 10.8. The summed E-state index contributed by atoms with van der Waals surface area (Å²) in [5.74, 6) is 0.154. The average molecular weight is 248 g/mol. The third kappa shape index (κ3) is 2.37. The smallest absolute Gasteiger partial charge is 0.193 e. The fourth-order valence-electron chi connectivity index (χ4n) is 2.44.